The Morgan fingerprint density at radius 1 is 1.50 bits per heavy atom. The summed E-state index contributed by atoms with van der Waals surface area (Å²) in [7, 11) is 3.49. The fourth-order valence-corrected chi connectivity index (χ4v) is 3.86. The Morgan fingerprint density at radius 3 is 2.42 bits per heavy atom. The predicted octanol–water partition coefficient (Wildman–Crippen LogP) is 2.26. The maximum Gasteiger partial charge on any atom is 0.333 e. The van der Waals surface area contributed by atoms with Crippen LogP contribution in [0.3, 0.4) is 0 Å². The lowest BCUT2D eigenvalue weighted by Gasteiger charge is -2.22. The number of carbonyl (C=O) groups is 1. The van der Waals surface area contributed by atoms with Gasteiger partial charge in [0.1, 0.15) is 5.60 Å². The average molecular weight is 204 g/mol. The van der Waals surface area contributed by atoms with Crippen LogP contribution < -0.4 is 0 Å². The van der Waals surface area contributed by atoms with Gasteiger partial charge in [-0.05, 0) is 13.8 Å². The van der Waals surface area contributed by atoms with Crippen molar-refractivity contribution in [1.29, 1.82) is 0 Å². The highest BCUT2D eigenvalue weighted by atomic mass is 33.1. The lowest BCUT2D eigenvalue weighted by molar-refractivity contribution is -0.148. The van der Waals surface area contributed by atoms with Crippen LogP contribution in [-0.4, -0.2) is 23.1 Å². The summed E-state index contributed by atoms with van der Waals surface area (Å²) < 4.78 is 5.28. The maximum atomic E-state index is 11.2. The third-order valence-electron chi connectivity index (χ3n) is 1.50. The summed E-state index contributed by atoms with van der Waals surface area (Å²) in [4.78, 5) is 11.2. The average Bonchev–Trinajstić information content (AvgIpc) is 2.35. The molecule has 1 aliphatic rings. The van der Waals surface area contributed by atoms with E-state index >= 15 is 0 Å². The second kappa shape index (κ2) is 3.75. The van der Waals surface area contributed by atoms with Crippen LogP contribution in [0.1, 0.15) is 13.8 Å². The molecular formula is C8H12O2S2. The van der Waals surface area contributed by atoms with Gasteiger partial charge in [-0.3, -0.25) is 0 Å². The van der Waals surface area contributed by atoms with Gasteiger partial charge in [-0.25, -0.2) is 4.79 Å². The van der Waals surface area contributed by atoms with Crippen molar-refractivity contribution >= 4 is 27.6 Å². The summed E-state index contributed by atoms with van der Waals surface area (Å²) in [5.74, 6) is 1.47. The first-order chi connectivity index (χ1) is 5.53. The van der Waals surface area contributed by atoms with Crippen LogP contribution in [0.4, 0.5) is 0 Å². The van der Waals surface area contributed by atoms with E-state index in [2.05, 4.69) is 6.58 Å². The standard InChI is InChI=1S/C8H12O2S2/c1-6(2)7(9)10-8(3)4-11-12-5-8/h1,4-5H2,2-3H3. The van der Waals surface area contributed by atoms with Crippen molar-refractivity contribution in [3.05, 3.63) is 12.2 Å². The third kappa shape index (κ3) is 2.45. The molecule has 1 rings (SSSR count). The van der Waals surface area contributed by atoms with Crippen molar-refractivity contribution in [2.24, 2.45) is 0 Å². The molecule has 0 aromatic heterocycles. The Hall–Kier alpha value is -0.0900. The van der Waals surface area contributed by atoms with Gasteiger partial charge in [0.2, 0.25) is 0 Å². The van der Waals surface area contributed by atoms with Crippen molar-refractivity contribution < 1.29 is 9.53 Å². The topological polar surface area (TPSA) is 26.3 Å². The smallest absolute Gasteiger partial charge is 0.333 e. The SMILES string of the molecule is C=C(C)C(=O)OC1(C)CSSC1. The summed E-state index contributed by atoms with van der Waals surface area (Å²) in [5, 5.41) is 0. The third-order valence-corrected chi connectivity index (χ3v) is 4.33. The molecule has 0 unspecified atom stereocenters. The molecule has 0 radical (unpaired) electrons. The van der Waals surface area contributed by atoms with Crippen LogP contribution in [0.25, 0.3) is 0 Å². The zero-order chi connectivity index (χ0) is 9.19. The van der Waals surface area contributed by atoms with Crippen molar-refractivity contribution in [2.75, 3.05) is 11.5 Å². The molecule has 2 nitrogen and oxygen atoms in total. The summed E-state index contributed by atoms with van der Waals surface area (Å²) in [6, 6.07) is 0. The maximum absolute atomic E-state index is 11.2. The molecule has 1 fully saturated rings. The van der Waals surface area contributed by atoms with E-state index in [4.69, 9.17) is 4.74 Å². The van der Waals surface area contributed by atoms with Crippen LogP contribution >= 0.6 is 21.6 Å². The molecule has 68 valence electrons. The Balaban J connectivity index is 2.49. The molecule has 0 aliphatic carbocycles. The summed E-state index contributed by atoms with van der Waals surface area (Å²) in [5.41, 5.74) is 0.184. The molecule has 0 saturated carbocycles. The largest absolute Gasteiger partial charge is 0.454 e. The van der Waals surface area contributed by atoms with Gasteiger partial charge in [0, 0.05) is 17.1 Å². The molecule has 0 atom stereocenters. The van der Waals surface area contributed by atoms with E-state index in [1.165, 1.54) is 0 Å². The van der Waals surface area contributed by atoms with E-state index < -0.39 is 0 Å². The Kier molecular flexibility index (Phi) is 3.12. The number of ether oxygens (including phenoxy) is 1. The van der Waals surface area contributed by atoms with Gasteiger partial charge in [0.15, 0.2) is 0 Å². The minimum Gasteiger partial charge on any atom is -0.454 e. The number of hydrogen-bond acceptors (Lipinski definition) is 4. The van der Waals surface area contributed by atoms with Gasteiger partial charge in [-0.15, -0.1) is 0 Å². The first kappa shape index (κ1) is 9.99. The molecule has 0 N–H and O–H groups in total. The van der Waals surface area contributed by atoms with Crippen molar-refractivity contribution in [3.8, 4) is 0 Å². The van der Waals surface area contributed by atoms with E-state index in [9.17, 15) is 4.79 Å². The molecule has 1 aliphatic heterocycles. The highest BCUT2D eigenvalue weighted by Gasteiger charge is 2.34. The van der Waals surface area contributed by atoms with E-state index in [1.54, 1.807) is 28.5 Å². The molecule has 4 heteroatoms. The molecule has 12 heavy (non-hydrogen) atoms. The predicted molar refractivity (Wildman–Crippen MR) is 54.2 cm³/mol. The number of rotatable bonds is 2. The fraction of sp³-hybridized carbons (Fsp3) is 0.625. The molecule has 0 aromatic carbocycles. The highest BCUT2D eigenvalue weighted by molar-refractivity contribution is 8.77. The van der Waals surface area contributed by atoms with E-state index in [0.717, 1.165) is 11.5 Å². The lowest BCUT2D eigenvalue weighted by Crippen LogP contribution is -2.34. The number of esters is 1. The summed E-state index contributed by atoms with van der Waals surface area (Å²) in [6.45, 7) is 7.17. The Bertz CT molecular complexity index is 207. The van der Waals surface area contributed by atoms with E-state index in [1.807, 2.05) is 6.92 Å². The zero-order valence-corrected chi connectivity index (χ0v) is 8.89. The molecule has 1 saturated heterocycles. The minimum absolute atomic E-state index is 0.277. The van der Waals surface area contributed by atoms with Gasteiger partial charge >= 0.3 is 5.97 Å². The van der Waals surface area contributed by atoms with Crippen LogP contribution in [0.15, 0.2) is 12.2 Å². The second-order valence-corrected chi connectivity index (χ2v) is 5.61. The molecular weight excluding hydrogens is 192 g/mol. The fourth-order valence-electron chi connectivity index (χ4n) is 0.744. The molecule has 0 aromatic rings. The van der Waals surface area contributed by atoms with Crippen molar-refractivity contribution in [3.63, 3.8) is 0 Å². The highest BCUT2D eigenvalue weighted by Crippen LogP contribution is 2.39. The van der Waals surface area contributed by atoms with Gasteiger partial charge in [-0.2, -0.15) is 0 Å². The van der Waals surface area contributed by atoms with Gasteiger partial charge in [0.25, 0.3) is 0 Å². The van der Waals surface area contributed by atoms with E-state index in [-0.39, 0.29) is 11.6 Å². The first-order valence-electron chi connectivity index (χ1n) is 3.67. The summed E-state index contributed by atoms with van der Waals surface area (Å²) in [6.07, 6.45) is 0. The zero-order valence-electron chi connectivity index (χ0n) is 7.25. The van der Waals surface area contributed by atoms with E-state index in [0.29, 0.717) is 5.57 Å². The molecule has 1 heterocycles. The lowest BCUT2D eigenvalue weighted by atomic mass is 10.2. The number of hydrogen-bond donors (Lipinski definition) is 0. The normalized spacial score (nSPS) is 20.5. The second-order valence-electron chi connectivity index (χ2n) is 3.14. The van der Waals surface area contributed by atoms with Crippen LogP contribution in [-0.2, 0) is 9.53 Å². The first-order valence-corrected chi connectivity index (χ1v) is 6.16. The van der Waals surface area contributed by atoms with Crippen molar-refractivity contribution in [2.45, 2.75) is 19.4 Å². The Labute approximate surface area is 80.5 Å². The van der Waals surface area contributed by atoms with Crippen molar-refractivity contribution in [1.82, 2.24) is 0 Å². The Morgan fingerprint density at radius 2 is 2.00 bits per heavy atom. The molecule has 0 bridgehead atoms. The molecule has 0 amide bonds. The monoisotopic (exact) mass is 204 g/mol. The van der Waals surface area contributed by atoms with Gasteiger partial charge < -0.3 is 4.74 Å². The molecule has 0 spiro atoms. The van der Waals surface area contributed by atoms with Crippen LogP contribution in [0, 0.1) is 0 Å². The minimum atomic E-state index is -0.286. The number of carbonyl (C=O) groups excluding carboxylic acids is 1. The van der Waals surface area contributed by atoms with Crippen LogP contribution in [0.2, 0.25) is 0 Å². The van der Waals surface area contributed by atoms with Gasteiger partial charge in [0.05, 0.1) is 0 Å². The summed E-state index contributed by atoms with van der Waals surface area (Å²) >= 11 is 0. The van der Waals surface area contributed by atoms with Gasteiger partial charge in [-0.1, -0.05) is 28.2 Å². The van der Waals surface area contributed by atoms with Crippen LogP contribution in [0.5, 0.6) is 0 Å². The quantitative estimate of drug-likeness (QED) is 0.391.